The van der Waals surface area contributed by atoms with E-state index in [4.69, 9.17) is 14.2 Å². The molecule has 0 aliphatic carbocycles. The molecule has 0 saturated heterocycles. The lowest BCUT2D eigenvalue weighted by molar-refractivity contribution is -0.119. The normalized spacial score (nSPS) is 9.06. The number of hydrogen-bond acceptors (Lipinski definition) is 5. The van der Waals surface area contributed by atoms with E-state index in [-0.39, 0.29) is 6.61 Å². The second-order valence-electron chi connectivity index (χ2n) is 2.88. The predicted octanol–water partition coefficient (Wildman–Crippen LogP) is 0.945. The first kappa shape index (κ1) is 12.7. The standard InChI is InChI=1S/C11H11NO5/c1-15-8-4-3-5-9(11(8)16-2)17-6-10(14)12-7-13/h3-5H,6H2,1-2H3. The van der Waals surface area contributed by atoms with Crippen molar-refractivity contribution in [2.24, 2.45) is 4.99 Å². The average molecular weight is 237 g/mol. The van der Waals surface area contributed by atoms with Crippen LogP contribution in [0.1, 0.15) is 0 Å². The maximum Gasteiger partial charge on any atom is 0.294 e. The summed E-state index contributed by atoms with van der Waals surface area (Å²) in [5.74, 6) is 0.473. The third kappa shape index (κ3) is 3.32. The lowest BCUT2D eigenvalue weighted by Gasteiger charge is -2.12. The first-order valence-electron chi connectivity index (χ1n) is 4.67. The number of carbonyl (C=O) groups excluding carboxylic acids is 2. The molecule has 1 aromatic carbocycles. The van der Waals surface area contributed by atoms with E-state index >= 15 is 0 Å². The molecule has 1 aromatic rings. The molecule has 90 valence electrons. The Labute approximate surface area is 97.8 Å². The van der Waals surface area contributed by atoms with Gasteiger partial charge in [-0.15, -0.1) is 4.99 Å². The molecule has 0 bridgehead atoms. The second-order valence-corrected chi connectivity index (χ2v) is 2.88. The first-order valence-corrected chi connectivity index (χ1v) is 4.67. The minimum atomic E-state index is -0.718. The molecule has 0 spiro atoms. The van der Waals surface area contributed by atoms with Crippen LogP contribution in [0.4, 0.5) is 0 Å². The molecule has 0 aliphatic rings. The van der Waals surface area contributed by atoms with Crippen LogP contribution in [0.2, 0.25) is 0 Å². The van der Waals surface area contributed by atoms with Crippen LogP contribution >= 0.6 is 0 Å². The van der Waals surface area contributed by atoms with Gasteiger partial charge in [0.05, 0.1) is 14.2 Å². The van der Waals surface area contributed by atoms with Crippen molar-refractivity contribution < 1.29 is 23.8 Å². The van der Waals surface area contributed by atoms with Crippen LogP contribution in [0.15, 0.2) is 23.2 Å². The molecule has 0 fully saturated rings. The molecule has 0 saturated carbocycles. The van der Waals surface area contributed by atoms with Gasteiger partial charge in [-0.2, -0.15) is 0 Å². The van der Waals surface area contributed by atoms with Gasteiger partial charge in [-0.05, 0) is 12.1 Å². The summed E-state index contributed by atoms with van der Waals surface area (Å²) < 4.78 is 15.3. The summed E-state index contributed by atoms with van der Waals surface area (Å²) in [6, 6.07) is 4.99. The highest BCUT2D eigenvalue weighted by Crippen LogP contribution is 2.36. The summed E-state index contributed by atoms with van der Waals surface area (Å²) in [5, 5.41) is 0. The minimum absolute atomic E-state index is 0.335. The Bertz CT molecular complexity index is 451. The van der Waals surface area contributed by atoms with Gasteiger partial charge in [-0.3, -0.25) is 4.79 Å². The van der Waals surface area contributed by atoms with Gasteiger partial charge in [0.1, 0.15) is 0 Å². The number of rotatable bonds is 5. The van der Waals surface area contributed by atoms with Crippen molar-refractivity contribution in [2.45, 2.75) is 0 Å². The Balaban J connectivity index is 2.83. The van der Waals surface area contributed by atoms with Gasteiger partial charge in [0.2, 0.25) is 11.8 Å². The molecule has 0 atom stereocenters. The molecule has 6 heteroatoms. The summed E-state index contributed by atoms with van der Waals surface area (Å²) in [4.78, 5) is 23.7. The van der Waals surface area contributed by atoms with Crippen LogP contribution in [-0.4, -0.2) is 32.8 Å². The van der Waals surface area contributed by atoms with Gasteiger partial charge >= 0.3 is 0 Å². The molecule has 6 nitrogen and oxygen atoms in total. The topological polar surface area (TPSA) is 74.2 Å². The maximum atomic E-state index is 10.9. The number of amides is 1. The van der Waals surface area contributed by atoms with Crippen LogP contribution in [0.3, 0.4) is 0 Å². The Kier molecular flexibility index (Phi) is 4.72. The number of aliphatic imine (C=N–C) groups is 1. The van der Waals surface area contributed by atoms with Crippen molar-refractivity contribution in [1.29, 1.82) is 0 Å². The van der Waals surface area contributed by atoms with Crippen LogP contribution in [0, 0.1) is 0 Å². The largest absolute Gasteiger partial charge is 0.493 e. The van der Waals surface area contributed by atoms with Gasteiger partial charge < -0.3 is 14.2 Å². The van der Waals surface area contributed by atoms with E-state index in [0.29, 0.717) is 17.2 Å². The van der Waals surface area contributed by atoms with Crippen molar-refractivity contribution >= 4 is 12.0 Å². The van der Waals surface area contributed by atoms with Crippen molar-refractivity contribution in [3.63, 3.8) is 0 Å². The van der Waals surface area contributed by atoms with E-state index in [1.54, 1.807) is 18.2 Å². The summed E-state index contributed by atoms with van der Waals surface area (Å²) in [6.45, 7) is -0.362. The van der Waals surface area contributed by atoms with Gasteiger partial charge in [0, 0.05) is 0 Å². The highest BCUT2D eigenvalue weighted by molar-refractivity contribution is 5.82. The first-order chi connectivity index (χ1) is 8.22. The van der Waals surface area contributed by atoms with Gasteiger partial charge in [0.25, 0.3) is 5.91 Å². The molecule has 0 unspecified atom stereocenters. The maximum absolute atomic E-state index is 10.9. The molecule has 17 heavy (non-hydrogen) atoms. The van der Waals surface area contributed by atoms with E-state index in [1.807, 2.05) is 0 Å². The van der Waals surface area contributed by atoms with Crippen molar-refractivity contribution in [2.75, 3.05) is 20.8 Å². The zero-order valence-corrected chi connectivity index (χ0v) is 9.43. The number of benzene rings is 1. The zero-order valence-electron chi connectivity index (χ0n) is 9.43. The number of methoxy groups -OCH3 is 2. The van der Waals surface area contributed by atoms with E-state index in [0.717, 1.165) is 6.08 Å². The summed E-state index contributed by atoms with van der Waals surface area (Å²) in [6.07, 6.45) is 1.14. The molecule has 0 aromatic heterocycles. The highest BCUT2D eigenvalue weighted by Gasteiger charge is 2.11. The fourth-order valence-electron chi connectivity index (χ4n) is 1.19. The van der Waals surface area contributed by atoms with E-state index in [2.05, 4.69) is 4.99 Å². The lowest BCUT2D eigenvalue weighted by Crippen LogP contribution is -2.09. The summed E-state index contributed by atoms with van der Waals surface area (Å²) in [7, 11) is 2.94. The second kappa shape index (κ2) is 6.30. The molecule has 0 aliphatic heterocycles. The molecule has 0 radical (unpaired) electrons. The molecule has 1 rings (SSSR count). The Morgan fingerprint density at radius 2 is 2.00 bits per heavy atom. The van der Waals surface area contributed by atoms with E-state index in [9.17, 15) is 9.59 Å². The molecule has 0 N–H and O–H groups in total. The third-order valence-electron chi connectivity index (χ3n) is 1.89. The van der Waals surface area contributed by atoms with Crippen LogP contribution in [0.25, 0.3) is 0 Å². The van der Waals surface area contributed by atoms with Crippen LogP contribution < -0.4 is 14.2 Å². The number of carbonyl (C=O) groups is 1. The monoisotopic (exact) mass is 237 g/mol. The van der Waals surface area contributed by atoms with Crippen LogP contribution in [-0.2, 0) is 9.59 Å². The Hall–Kier alpha value is -2.33. The van der Waals surface area contributed by atoms with E-state index < -0.39 is 5.91 Å². The van der Waals surface area contributed by atoms with Crippen molar-refractivity contribution in [3.8, 4) is 17.2 Å². The fraction of sp³-hybridized carbons (Fsp3) is 0.273. The number of hydrogen-bond donors (Lipinski definition) is 0. The smallest absolute Gasteiger partial charge is 0.294 e. The number of ether oxygens (including phenoxy) is 3. The van der Waals surface area contributed by atoms with Gasteiger partial charge in [-0.25, -0.2) is 4.79 Å². The SMILES string of the molecule is COc1cccc(OCC(=O)N=C=O)c1OC. The lowest BCUT2D eigenvalue weighted by atomic mass is 10.3. The fourth-order valence-corrected chi connectivity index (χ4v) is 1.19. The van der Waals surface area contributed by atoms with Gasteiger partial charge in [0.15, 0.2) is 18.1 Å². The Morgan fingerprint density at radius 1 is 1.29 bits per heavy atom. The minimum Gasteiger partial charge on any atom is -0.493 e. The molecular weight excluding hydrogens is 226 g/mol. The zero-order chi connectivity index (χ0) is 12.7. The average Bonchev–Trinajstić information content (AvgIpc) is 2.36. The quantitative estimate of drug-likeness (QED) is 0.563. The number of isocyanates is 1. The molecular formula is C11H11NO5. The molecule has 1 amide bonds. The number of nitrogens with zero attached hydrogens (tertiary/aromatic N) is 1. The predicted molar refractivity (Wildman–Crippen MR) is 58.2 cm³/mol. The Morgan fingerprint density at radius 3 is 2.59 bits per heavy atom. The molecule has 0 heterocycles. The number of para-hydroxylation sites is 1. The summed E-state index contributed by atoms with van der Waals surface area (Å²) >= 11 is 0. The van der Waals surface area contributed by atoms with Crippen LogP contribution in [0.5, 0.6) is 17.2 Å². The van der Waals surface area contributed by atoms with Crippen molar-refractivity contribution in [1.82, 2.24) is 0 Å². The highest BCUT2D eigenvalue weighted by atomic mass is 16.5. The van der Waals surface area contributed by atoms with E-state index in [1.165, 1.54) is 14.2 Å². The van der Waals surface area contributed by atoms with Crippen molar-refractivity contribution in [3.05, 3.63) is 18.2 Å². The summed E-state index contributed by atoms with van der Waals surface area (Å²) in [5.41, 5.74) is 0. The van der Waals surface area contributed by atoms with Gasteiger partial charge in [-0.1, -0.05) is 6.07 Å². The third-order valence-corrected chi connectivity index (χ3v) is 1.89.